The molecule has 0 atom stereocenters. The van der Waals surface area contributed by atoms with Crippen molar-refractivity contribution in [2.45, 2.75) is 18.9 Å². The van der Waals surface area contributed by atoms with Crippen molar-refractivity contribution in [1.82, 2.24) is 20.4 Å². The molecule has 0 aromatic heterocycles. The number of hydrogen-bond acceptors (Lipinski definition) is 5. The molecule has 0 radical (unpaired) electrons. The lowest BCUT2D eigenvalue weighted by Gasteiger charge is -2.35. The SMILES string of the molecule is I.O=C=CCOCN1CCN(C(=O)NC2CCNCC2)CC1. The summed E-state index contributed by atoms with van der Waals surface area (Å²) in [4.78, 5) is 26.2. The quantitative estimate of drug-likeness (QED) is 0.371. The lowest BCUT2D eigenvalue weighted by molar-refractivity contribution is 0.0198. The van der Waals surface area contributed by atoms with Crippen molar-refractivity contribution in [3.05, 3.63) is 6.08 Å². The smallest absolute Gasteiger partial charge is 0.317 e. The molecule has 7 nitrogen and oxygen atoms in total. The third kappa shape index (κ3) is 6.62. The van der Waals surface area contributed by atoms with Crippen LogP contribution in [-0.4, -0.2) is 80.4 Å². The van der Waals surface area contributed by atoms with Crippen LogP contribution in [0.15, 0.2) is 6.08 Å². The van der Waals surface area contributed by atoms with Gasteiger partial charge in [0.05, 0.1) is 13.3 Å². The van der Waals surface area contributed by atoms with Crippen molar-refractivity contribution < 1.29 is 14.3 Å². The number of hydrogen-bond donors (Lipinski definition) is 2. The van der Waals surface area contributed by atoms with Gasteiger partial charge in [-0.15, -0.1) is 24.0 Å². The minimum Gasteiger partial charge on any atom is -0.361 e. The Morgan fingerprint density at radius 2 is 1.95 bits per heavy atom. The van der Waals surface area contributed by atoms with Crippen molar-refractivity contribution in [1.29, 1.82) is 0 Å². The molecule has 0 aromatic rings. The molecule has 0 aromatic carbocycles. The van der Waals surface area contributed by atoms with E-state index >= 15 is 0 Å². The Hall–Kier alpha value is -0.670. The molecule has 0 aliphatic carbocycles. The van der Waals surface area contributed by atoms with Crippen LogP contribution in [0.5, 0.6) is 0 Å². The van der Waals surface area contributed by atoms with E-state index in [1.165, 1.54) is 6.08 Å². The van der Waals surface area contributed by atoms with Crippen LogP contribution in [0.2, 0.25) is 0 Å². The molecule has 0 spiro atoms. The molecule has 2 aliphatic heterocycles. The van der Waals surface area contributed by atoms with Crippen LogP contribution in [0, 0.1) is 0 Å². The topological polar surface area (TPSA) is 73.9 Å². The number of piperazine rings is 1. The Labute approximate surface area is 148 Å². The molecule has 0 unspecified atom stereocenters. The van der Waals surface area contributed by atoms with E-state index in [4.69, 9.17) is 4.74 Å². The molecule has 2 rings (SSSR count). The van der Waals surface area contributed by atoms with E-state index in [0.29, 0.717) is 32.5 Å². The molecule has 0 saturated carbocycles. The summed E-state index contributed by atoms with van der Waals surface area (Å²) in [5, 5.41) is 6.40. The van der Waals surface area contributed by atoms with E-state index in [0.717, 1.165) is 39.0 Å². The number of nitrogens with one attached hydrogen (secondary N) is 2. The fourth-order valence-corrected chi connectivity index (χ4v) is 2.59. The van der Waals surface area contributed by atoms with Crippen molar-refractivity contribution >= 4 is 35.9 Å². The number of carbonyl (C=O) groups is 1. The van der Waals surface area contributed by atoms with E-state index in [1.54, 1.807) is 5.94 Å². The van der Waals surface area contributed by atoms with Crippen LogP contribution in [0.3, 0.4) is 0 Å². The second kappa shape index (κ2) is 11.0. The lowest BCUT2D eigenvalue weighted by Crippen LogP contribution is -2.54. The number of halogens is 1. The molecular formula is C14H25IN4O3. The Balaban J connectivity index is 0.00000242. The zero-order valence-corrected chi connectivity index (χ0v) is 15.1. The van der Waals surface area contributed by atoms with Gasteiger partial charge in [-0.05, 0) is 25.9 Å². The van der Waals surface area contributed by atoms with Crippen LogP contribution < -0.4 is 10.6 Å². The summed E-state index contributed by atoms with van der Waals surface area (Å²) >= 11 is 0. The van der Waals surface area contributed by atoms with Gasteiger partial charge in [0.1, 0.15) is 5.94 Å². The summed E-state index contributed by atoms with van der Waals surface area (Å²) in [5.74, 6) is 1.68. The van der Waals surface area contributed by atoms with Crippen LogP contribution in [0.25, 0.3) is 0 Å². The minimum absolute atomic E-state index is 0. The van der Waals surface area contributed by atoms with Crippen LogP contribution in [0.1, 0.15) is 12.8 Å². The number of rotatable bonds is 5. The zero-order chi connectivity index (χ0) is 14.9. The molecule has 2 fully saturated rings. The Kier molecular flexibility index (Phi) is 9.65. The summed E-state index contributed by atoms with van der Waals surface area (Å²) in [6, 6.07) is 0.349. The van der Waals surface area contributed by atoms with Gasteiger partial charge in [0.15, 0.2) is 0 Å². The molecule has 2 amide bonds. The minimum atomic E-state index is 0. The van der Waals surface area contributed by atoms with Gasteiger partial charge in [-0.2, -0.15) is 0 Å². The predicted octanol–water partition coefficient (Wildman–Crippen LogP) is 0.0455. The second-order valence-electron chi connectivity index (χ2n) is 5.40. The van der Waals surface area contributed by atoms with E-state index < -0.39 is 0 Å². The molecule has 126 valence electrons. The Morgan fingerprint density at radius 1 is 1.27 bits per heavy atom. The molecular weight excluding hydrogens is 399 g/mol. The fourth-order valence-electron chi connectivity index (χ4n) is 2.59. The van der Waals surface area contributed by atoms with E-state index in [-0.39, 0.29) is 30.0 Å². The van der Waals surface area contributed by atoms with Crippen LogP contribution >= 0.6 is 24.0 Å². The van der Waals surface area contributed by atoms with Crippen molar-refractivity contribution in [2.24, 2.45) is 0 Å². The van der Waals surface area contributed by atoms with E-state index in [9.17, 15) is 9.59 Å². The van der Waals surface area contributed by atoms with Gasteiger partial charge in [-0.3, -0.25) is 4.90 Å². The van der Waals surface area contributed by atoms with Crippen LogP contribution in [0.4, 0.5) is 4.79 Å². The third-order valence-electron chi connectivity index (χ3n) is 3.88. The summed E-state index contributed by atoms with van der Waals surface area (Å²) in [5.41, 5.74) is 0. The molecule has 2 aliphatic rings. The van der Waals surface area contributed by atoms with Gasteiger partial charge >= 0.3 is 6.03 Å². The second-order valence-corrected chi connectivity index (χ2v) is 5.40. The number of piperidine rings is 1. The van der Waals surface area contributed by atoms with Gasteiger partial charge in [-0.25, -0.2) is 9.59 Å². The summed E-state index contributed by atoms with van der Waals surface area (Å²) < 4.78 is 5.31. The predicted molar refractivity (Wildman–Crippen MR) is 94.1 cm³/mol. The summed E-state index contributed by atoms with van der Waals surface area (Å²) in [7, 11) is 0. The molecule has 2 N–H and O–H groups in total. The first kappa shape index (κ1) is 19.4. The van der Waals surface area contributed by atoms with Gasteiger partial charge < -0.3 is 20.3 Å². The molecule has 2 heterocycles. The van der Waals surface area contributed by atoms with Crippen LogP contribution in [-0.2, 0) is 9.53 Å². The Bertz CT molecular complexity index is 376. The first-order valence-corrected chi connectivity index (χ1v) is 7.55. The van der Waals surface area contributed by atoms with Crippen molar-refractivity contribution in [2.75, 3.05) is 52.6 Å². The average Bonchev–Trinajstić information content (AvgIpc) is 2.53. The van der Waals surface area contributed by atoms with Gasteiger partial charge in [-0.1, -0.05) is 0 Å². The normalized spacial score (nSPS) is 19.9. The van der Waals surface area contributed by atoms with Crippen molar-refractivity contribution in [3.63, 3.8) is 0 Å². The van der Waals surface area contributed by atoms with E-state index in [1.807, 2.05) is 4.90 Å². The highest BCUT2D eigenvalue weighted by molar-refractivity contribution is 14.0. The summed E-state index contributed by atoms with van der Waals surface area (Å²) in [6.07, 6.45) is 3.33. The maximum Gasteiger partial charge on any atom is 0.317 e. The molecule has 8 heteroatoms. The maximum atomic E-state index is 12.2. The number of nitrogens with zero attached hydrogens (tertiary/aromatic N) is 2. The molecule has 2 saturated heterocycles. The first-order valence-electron chi connectivity index (χ1n) is 7.55. The van der Waals surface area contributed by atoms with Gasteiger partial charge in [0, 0.05) is 38.3 Å². The molecule has 0 bridgehead atoms. The number of carbonyl (C=O) groups excluding carboxylic acids is 2. The Morgan fingerprint density at radius 3 is 2.59 bits per heavy atom. The van der Waals surface area contributed by atoms with Crippen molar-refractivity contribution in [3.8, 4) is 0 Å². The van der Waals surface area contributed by atoms with Gasteiger partial charge in [0.25, 0.3) is 0 Å². The van der Waals surface area contributed by atoms with E-state index in [2.05, 4.69) is 15.5 Å². The third-order valence-corrected chi connectivity index (χ3v) is 3.88. The zero-order valence-electron chi connectivity index (χ0n) is 12.8. The standard InChI is InChI=1S/C14H24N4O3.HI/c19-10-1-11-21-12-17-6-8-18(9-7-17)14(20)16-13-2-4-15-5-3-13;/h1,13,15H,2-9,11-12H2,(H,16,20);1H. The highest BCUT2D eigenvalue weighted by atomic mass is 127. The number of ether oxygens (including phenoxy) is 1. The number of amides is 2. The first-order chi connectivity index (χ1) is 10.3. The fraction of sp³-hybridized carbons (Fsp3) is 0.786. The average molecular weight is 424 g/mol. The summed E-state index contributed by atoms with van der Waals surface area (Å²) in [6.45, 7) is 5.75. The number of urea groups is 1. The highest BCUT2D eigenvalue weighted by Crippen LogP contribution is 2.06. The monoisotopic (exact) mass is 424 g/mol. The lowest BCUT2D eigenvalue weighted by atomic mass is 10.1. The largest absolute Gasteiger partial charge is 0.361 e. The maximum absolute atomic E-state index is 12.2. The highest BCUT2D eigenvalue weighted by Gasteiger charge is 2.23. The molecule has 22 heavy (non-hydrogen) atoms. The van der Waals surface area contributed by atoms with Gasteiger partial charge in [0.2, 0.25) is 0 Å².